The number of rotatable bonds is 0. The van der Waals surface area contributed by atoms with Crippen molar-refractivity contribution in [2.45, 2.75) is 6.42 Å². The Balaban J connectivity index is 0.000000192. The van der Waals surface area contributed by atoms with Gasteiger partial charge in [0.1, 0.15) is 0 Å². The van der Waals surface area contributed by atoms with Crippen LogP contribution in [0.15, 0.2) is 48.5 Å². The molecule has 98 valence electrons. The molecule has 0 spiro atoms. The first-order valence-corrected chi connectivity index (χ1v) is 5.89. The molecule has 0 saturated heterocycles. The summed E-state index contributed by atoms with van der Waals surface area (Å²) < 4.78 is 0. The molecule has 0 radical (unpaired) electrons. The molecule has 1 aliphatic carbocycles. The number of fused-ring (bicyclic) bond motifs is 3. The van der Waals surface area contributed by atoms with Crippen LogP contribution < -0.4 is 22.5 Å². The smallest absolute Gasteiger partial charge is 0.275 e. The van der Waals surface area contributed by atoms with Crippen molar-refractivity contribution in [2.75, 3.05) is 0 Å². The Morgan fingerprint density at radius 3 is 1.63 bits per heavy atom. The van der Waals surface area contributed by atoms with Crippen molar-refractivity contribution in [1.82, 2.24) is 10.9 Å². The Morgan fingerprint density at radius 2 is 1.26 bits per heavy atom. The Morgan fingerprint density at radius 1 is 0.842 bits per heavy atom. The molecular weight excluding hydrogens is 240 g/mol. The van der Waals surface area contributed by atoms with Gasteiger partial charge in [0.15, 0.2) is 0 Å². The molecule has 0 atom stereocenters. The Kier molecular flexibility index (Phi) is 4.12. The number of carbonyl (C=O) groups is 1. The third kappa shape index (κ3) is 2.90. The highest BCUT2D eigenvalue weighted by Crippen LogP contribution is 2.35. The van der Waals surface area contributed by atoms with Crippen molar-refractivity contribution in [2.24, 2.45) is 11.7 Å². The van der Waals surface area contributed by atoms with Crippen molar-refractivity contribution in [1.29, 1.82) is 0 Å². The molecule has 0 unspecified atom stereocenters. The zero-order valence-electron chi connectivity index (χ0n) is 10.4. The van der Waals surface area contributed by atoms with E-state index in [-0.39, 0.29) is 0 Å². The van der Waals surface area contributed by atoms with E-state index >= 15 is 0 Å². The topological polar surface area (TPSA) is 93.2 Å². The van der Waals surface area contributed by atoms with Crippen LogP contribution in [-0.4, -0.2) is 6.03 Å². The molecule has 3 rings (SSSR count). The minimum Gasteiger partial charge on any atom is -0.275 e. The summed E-state index contributed by atoms with van der Waals surface area (Å²) in [7, 11) is 0. The molecule has 5 nitrogen and oxygen atoms in total. The van der Waals surface area contributed by atoms with Crippen molar-refractivity contribution in [3.05, 3.63) is 59.7 Å². The summed E-state index contributed by atoms with van der Waals surface area (Å²) in [5.74, 6) is 9.08. The molecule has 2 aromatic carbocycles. The monoisotopic (exact) mass is 256 g/mol. The van der Waals surface area contributed by atoms with Crippen LogP contribution >= 0.6 is 0 Å². The summed E-state index contributed by atoms with van der Waals surface area (Å²) in [6.45, 7) is 0. The van der Waals surface area contributed by atoms with Gasteiger partial charge in [-0.2, -0.15) is 0 Å². The molecule has 0 saturated carbocycles. The number of carbonyl (C=O) groups excluding carboxylic acids is 1. The fraction of sp³-hybridized carbons (Fsp3) is 0.0714. The number of nitrogens with one attached hydrogen (secondary N) is 2. The molecule has 6 N–H and O–H groups in total. The largest absolute Gasteiger partial charge is 0.343 e. The van der Waals surface area contributed by atoms with Gasteiger partial charge >= 0.3 is 6.03 Å². The predicted octanol–water partition coefficient (Wildman–Crippen LogP) is 1.29. The lowest BCUT2D eigenvalue weighted by atomic mass is 10.1. The van der Waals surface area contributed by atoms with Gasteiger partial charge in [-0.05, 0) is 28.7 Å². The minimum atomic E-state index is -0.602. The summed E-state index contributed by atoms with van der Waals surface area (Å²) in [5.41, 5.74) is 9.23. The molecule has 5 heteroatoms. The maximum atomic E-state index is 9.71. The van der Waals surface area contributed by atoms with Crippen LogP contribution in [0.25, 0.3) is 11.1 Å². The quantitative estimate of drug-likeness (QED) is 0.277. The summed E-state index contributed by atoms with van der Waals surface area (Å²) in [5, 5.41) is 0. The van der Waals surface area contributed by atoms with Gasteiger partial charge in [-0.1, -0.05) is 48.5 Å². The summed E-state index contributed by atoms with van der Waals surface area (Å²) in [6, 6.07) is 16.7. The van der Waals surface area contributed by atoms with Crippen molar-refractivity contribution in [3.8, 4) is 11.1 Å². The standard InChI is InChI=1S/C13H10.CH6N4O/c1-3-7-12-10(5-1)9-11-6-2-4-8-13(11)12;2-4-1(6)5-3/h1-8H,9H2;2-3H2,(H2,4,5,6). The highest BCUT2D eigenvalue weighted by Gasteiger charge is 2.15. The lowest BCUT2D eigenvalue weighted by molar-refractivity contribution is 0.241. The highest BCUT2D eigenvalue weighted by atomic mass is 16.2. The zero-order chi connectivity index (χ0) is 13.7. The lowest BCUT2D eigenvalue weighted by Crippen LogP contribution is -2.43. The minimum absolute atomic E-state index is 0.602. The summed E-state index contributed by atoms with van der Waals surface area (Å²) in [4.78, 5) is 9.71. The molecule has 2 amide bonds. The third-order valence-corrected chi connectivity index (χ3v) is 2.97. The average molecular weight is 256 g/mol. The maximum absolute atomic E-state index is 9.71. The number of hydrazine groups is 2. The first kappa shape index (κ1) is 13.1. The highest BCUT2D eigenvalue weighted by molar-refractivity contribution is 5.76. The SMILES string of the molecule is NNC(=O)NN.c1ccc2c(c1)Cc1ccccc1-2. The average Bonchev–Trinajstić information content (AvgIpc) is 2.85. The van der Waals surface area contributed by atoms with Gasteiger partial charge in [0, 0.05) is 0 Å². The number of nitrogens with two attached hydrogens (primary N) is 2. The Labute approximate surface area is 111 Å². The van der Waals surface area contributed by atoms with Gasteiger partial charge in [0.2, 0.25) is 0 Å². The fourth-order valence-corrected chi connectivity index (χ4v) is 2.12. The van der Waals surface area contributed by atoms with Crippen LogP contribution in [0, 0.1) is 0 Å². The number of hydrogen-bond donors (Lipinski definition) is 4. The second kappa shape index (κ2) is 5.99. The van der Waals surface area contributed by atoms with E-state index in [1.807, 2.05) is 0 Å². The van der Waals surface area contributed by atoms with E-state index in [1.165, 1.54) is 22.3 Å². The van der Waals surface area contributed by atoms with Crippen LogP contribution in [0.3, 0.4) is 0 Å². The molecule has 1 aliphatic rings. The molecular formula is C14H16N4O. The van der Waals surface area contributed by atoms with Crippen LogP contribution in [0.5, 0.6) is 0 Å². The lowest BCUT2D eigenvalue weighted by Gasteiger charge is -1.98. The molecule has 2 aromatic rings. The second-order valence-corrected chi connectivity index (χ2v) is 4.11. The van der Waals surface area contributed by atoms with E-state index in [0.717, 1.165) is 6.42 Å². The van der Waals surface area contributed by atoms with Gasteiger partial charge in [-0.25, -0.2) is 16.5 Å². The molecule has 19 heavy (non-hydrogen) atoms. The van der Waals surface area contributed by atoms with E-state index in [0.29, 0.717) is 0 Å². The van der Waals surface area contributed by atoms with Gasteiger partial charge in [0.25, 0.3) is 0 Å². The van der Waals surface area contributed by atoms with Crippen molar-refractivity contribution in [3.63, 3.8) is 0 Å². The van der Waals surface area contributed by atoms with Gasteiger partial charge in [-0.15, -0.1) is 0 Å². The van der Waals surface area contributed by atoms with E-state index in [1.54, 1.807) is 10.9 Å². The normalized spacial score (nSPS) is 10.6. The van der Waals surface area contributed by atoms with E-state index in [4.69, 9.17) is 0 Å². The van der Waals surface area contributed by atoms with Crippen LogP contribution in [0.1, 0.15) is 11.1 Å². The molecule has 0 heterocycles. The van der Waals surface area contributed by atoms with Crippen LogP contribution in [-0.2, 0) is 6.42 Å². The van der Waals surface area contributed by atoms with Gasteiger partial charge < -0.3 is 0 Å². The number of amides is 2. The molecule has 0 aromatic heterocycles. The van der Waals surface area contributed by atoms with Gasteiger partial charge in [0.05, 0.1) is 0 Å². The van der Waals surface area contributed by atoms with E-state index < -0.39 is 6.03 Å². The Hall–Kier alpha value is -2.37. The fourth-order valence-electron chi connectivity index (χ4n) is 2.12. The first-order valence-electron chi connectivity index (χ1n) is 5.89. The third-order valence-electron chi connectivity index (χ3n) is 2.97. The predicted molar refractivity (Wildman–Crippen MR) is 74.7 cm³/mol. The number of benzene rings is 2. The first-order chi connectivity index (χ1) is 9.26. The van der Waals surface area contributed by atoms with E-state index in [2.05, 4.69) is 60.2 Å². The van der Waals surface area contributed by atoms with Crippen molar-refractivity contribution >= 4 is 6.03 Å². The summed E-state index contributed by atoms with van der Waals surface area (Å²) >= 11 is 0. The van der Waals surface area contributed by atoms with Gasteiger partial charge in [-0.3, -0.25) is 10.9 Å². The van der Waals surface area contributed by atoms with Crippen LogP contribution in [0.2, 0.25) is 0 Å². The second-order valence-electron chi connectivity index (χ2n) is 4.11. The van der Waals surface area contributed by atoms with Crippen LogP contribution in [0.4, 0.5) is 4.79 Å². The van der Waals surface area contributed by atoms with Crippen molar-refractivity contribution < 1.29 is 4.79 Å². The Bertz CT molecular complexity index is 534. The number of hydrogen-bond acceptors (Lipinski definition) is 3. The van der Waals surface area contributed by atoms with E-state index in [9.17, 15) is 4.79 Å². The summed E-state index contributed by atoms with van der Waals surface area (Å²) in [6.07, 6.45) is 1.10. The zero-order valence-corrected chi connectivity index (χ0v) is 10.4. The molecule has 0 bridgehead atoms. The number of urea groups is 1. The maximum Gasteiger partial charge on any atom is 0.343 e. The molecule has 0 aliphatic heterocycles. The molecule has 0 fully saturated rings.